The average molecular weight is 381 g/mol. The number of hydrogen-bond acceptors (Lipinski definition) is 5. The SMILES string of the molecule is C=Cc1cc(N(C(=O)OC(C)(C)C)C(=O)OC(C)(C)C)c(C(=O)O)cc1F. The predicted molar refractivity (Wildman–Crippen MR) is 98.4 cm³/mol. The summed E-state index contributed by atoms with van der Waals surface area (Å²) >= 11 is 0. The van der Waals surface area contributed by atoms with Crippen LogP contribution in [0.3, 0.4) is 0 Å². The lowest BCUT2D eigenvalue weighted by atomic mass is 10.1. The number of nitrogens with zero attached hydrogens (tertiary/aromatic N) is 1. The largest absolute Gasteiger partial charge is 0.478 e. The molecule has 148 valence electrons. The molecule has 1 rings (SSSR count). The molecule has 0 saturated carbocycles. The summed E-state index contributed by atoms with van der Waals surface area (Å²) in [5.74, 6) is -2.39. The number of aromatic carboxylic acids is 1. The first-order chi connectivity index (χ1) is 12.2. The smallest absolute Gasteiger partial charge is 0.424 e. The fourth-order valence-electron chi connectivity index (χ4n) is 1.98. The quantitative estimate of drug-likeness (QED) is 0.805. The van der Waals surface area contributed by atoms with Crippen molar-refractivity contribution < 1.29 is 33.4 Å². The Kier molecular flexibility index (Phi) is 6.37. The Morgan fingerprint density at radius 2 is 1.48 bits per heavy atom. The Bertz CT molecular complexity index is 746. The predicted octanol–water partition coefficient (Wildman–Crippen LogP) is 4.84. The van der Waals surface area contributed by atoms with Crippen molar-refractivity contribution in [3.63, 3.8) is 0 Å². The van der Waals surface area contributed by atoms with Crippen molar-refractivity contribution >= 4 is 29.9 Å². The molecule has 0 saturated heterocycles. The maximum absolute atomic E-state index is 14.0. The van der Waals surface area contributed by atoms with Crippen molar-refractivity contribution in [2.45, 2.75) is 52.7 Å². The zero-order valence-electron chi connectivity index (χ0n) is 16.3. The van der Waals surface area contributed by atoms with Gasteiger partial charge in [-0.1, -0.05) is 12.7 Å². The van der Waals surface area contributed by atoms with Crippen LogP contribution in [0.15, 0.2) is 18.7 Å². The van der Waals surface area contributed by atoms with Crippen molar-refractivity contribution in [1.29, 1.82) is 0 Å². The van der Waals surface area contributed by atoms with Crippen LogP contribution < -0.4 is 4.90 Å². The minimum Gasteiger partial charge on any atom is -0.478 e. The molecule has 0 spiro atoms. The van der Waals surface area contributed by atoms with Crippen LogP contribution >= 0.6 is 0 Å². The Hall–Kier alpha value is -2.90. The second-order valence-electron chi connectivity index (χ2n) is 7.70. The third-order valence-corrected chi connectivity index (χ3v) is 2.96. The van der Waals surface area contributed by atoms with Gasteiger partial charge in [0, 0.05) is 5.56 Å². The van der Waals surface area contributed by atoms with Gasteiger partial charge in [0.2, 0.25) is 0 Å². The Balaban J connectivity index is 3.63. The molecule has 7 nitrogen and oxygen atoms in total. The number of rotatable bonds is 3. The van der Waals surface area contributed by atoms with Gasteiger partial charge in [-0.25, -0.2) is 18.8 Å². The van der Waals surface area contributed by atoms with Gasteiger partial charge in [0.25, 0.3) is 0 Å². The molecule has 0 aliphatic rings. The second-order valence-corrected chi connectivity index (χ2v) is 7.70. The molecule has 0 heterocycles. The molecule has 1 N–H and O–H groups in total. The van der Waals surface area contributed by atoms with Gasteiger partial charge in [-0.3, -0.25) is 0 Å². The number of benzene rings is 1. The highest BCUT2D eigenvalue weighted by atomic mass is 19.1. The van der Waals surface area contributed by atoms with E-state index in [-0.39, 0.29) is 11.3 Å². The van der Waals surface area contributed by atoms with Crippen molar-refractivity contribution in [3.8, 4) is 0 Å². The monoisotopic (exact) mass is 381 g/mol. The number of carbonyl (C=O) groups excluding carboxylic acids is 2. The number of carboxylic acid groups (broad SMARTS) is 1. The molecule has 0 radical (unpaired) electrons. The maximum Gasteiger partial charge on any atom is 0.424 e. The summed E-state index contributed by atoms with van der Waals surface area (Å²) in [5.41, 5.74) is -3.02. The topological polar surface area (TPSA) is 93.1 Å². The van der Waals surface area contributed by atoms with Crippen LogP contribution in [0.5, 0.6) is 0 Å². The summed E-state index contributed by atoms with van der Waals surface area (Å²) in [6, 6.07) is 1.73. The molecule has 0 fully saturated rings. The second kappa shape index (κ2) is 7.77. The molecule has 0 aliphatic carbocycles. The fourth-order valence-corrected chi connectivity index (χ4v) is 1.98. The first-order valence-electron chi connectivity index (χ1n) is 8.11. The van der Waals surface area contributed by atoms with Crippen LogP contribution in [0, 0.1) is 5.82 Å². The van der Waals surface area contributed by atoms with Crippen molar-refractivity contribution in [3.05, 3.63) is 35.7 Å². The molecule has 0 aliphatic heterocycles. The number of halogens is 1. The van der Waals surface area contributed by atoms with Crippen LogP contribution in [0.25, 0.3) is 6.08 Å². The summed E-state index contributed by atoms with van der Waals surface area (Å²) < 4.78 is 24.4. The molecule has 8 heteroatoms. The minimum atomic E-state index is -1.53. The van der Waals surface area contributed by atoms with E-state index in [1.54, 1.807) is 41.5 Å². The lowest BCUT2D eigenvalue weighted by Gasteiger charge is -2.29. The van der Waals surface area contributed by atoms with Crippen LogP contribution in [0.2, 0.25) is 0 Å². The lowest BCUT2D eigenvalue weighted by Crippen LogP contribution is -2.44. The van der Waals surface area contributed by atoms with E-state index < -0.39 is 40.7 Å². The number of carboxylic acids is 1. The highest BCUT2D eigenvalue weighted by Gasteiger charge is 2.35. The normalized spacial score (nSPS) is 11.5. The van der Waals surface area contributed by atoms with Gasteiger partial charge in [-0.2, -0.15) is 4.90 Å². The number of anilines is 1. The number of ether oxygens (including phenoxy) is 2. The Morgan fingerprint density at radius 3 is 1.81 bits per heavy atom. The van der Waals surface area contributed by atoms with E-state index in [4.69, 9.17) is 9.47 Å². The van der Waals surface area contributed by atoms with E-state index in [0.29, 0.717) is 11.0 Å². The van der Waals surface area contributed by atoms with Gasteiger partial charge >= 0.3 is 18.2 Å². The standard InChI is InChI=1S/C19H24FNO6/c1-8-11-9-14(12(15(22)23)10-13(11)20)21(16(24)26-18(2,3)4)17(25)27-19(5,6)7/h8-10H,1H2,2-7H3,(H,22,23). The third kappa shape index (κ3) is 6.09. The minimum absolute atomic E-state index is 0.0906. The zero-order chi connectivity index (χ0) is 21.2. The van der Waals surface area contributed by atoms with Gasteiger partial charge in [0.1, 0.15) is 17.0 Å². The number of carbonyl (C=O) groups is 3. The highest BCUT2D eigenvalue weighted by molar-refractivity contribution is 6.13. The van der Waals surface area contributed by atoms with Crippen LogP contribution in [0.1, 0.15) is 57.5 Å². The molecule has 2 amide bonds. The molecular weight excluding hydrogens is 357 g/mol. The van der Waals surface area contributed by atoms with Gasteiger partial charge in [-0.15, -0.1) is 0 Å². The molecule has 27 heavy (non-hydrogen) atoms. The van der Waals surface area contributed by atoms with Crippen LogP contribution in [0.4, 0.5) is 19.7 Å². The summed E-state index contributed by atoms with van der Waals surface area (Å²) in [5, 5.41) is 9.41. The number of imide groups is 1. The molecule has 0 bridgehead atoms. The van der Waals surface area contributed by atoms with E-state index in [9.17, 15) is 23.9 Å². The maximum atomic E-state index is 14.0. The van der Waals surface area contributed by atoms with Crippen molar-refractivity contribution in [2.24, 2.45) is 0 Å². The van der Waals surface area contributed by atoms with E-state index in [0.717, 1.165) is 12.1 Å². The zero-order valence-corrected chi connectivity index (χ0v) is 16.3. The first-order valence-corrected chi connectivity index (χ1v) is 8.11. The molecule has 0 atom stereocenters. The van der Waals surface area contributed by atoms with Gasteiger partial charge < -0.3 is 14.6 Å². The van der Waals surface area contributed by atoms with Gasteiger partial charge in [-0.05, 0) is 53.7 Å². The first kappa shape index (κ1) is 22.1. The van der Waals surface area contributed by atoms with Crippen LogP contribution in [-0.2, 0) is 9.47 Å². The third-order valence-electron chi connectivity index (χ3n) is 2.96. The number of hydrogen-bond donors (Lipinski definition) is 1. The average Bonchev–Trinajstić information content (AvgIpc) is 2.44. The van der Waals surface area contributed by atoms with Gasteiger partial charge in [0.15, 0.2) is 0 Å². The van der Waals surface area contributed by atoms with Crippen molar-refractivity contribution in [2.75, 3.05) is 4.90 Å². The molecular formula is C19H24FNO6. The highest BCUT2D eigenvalue weighted by Crippen LogP contribution is 2.29. The van der Waals surface area contributed by atoms with Crippen molar-refractivity contribution in [1.82, 2.24) is 0 Å². The lowest BCUT2D eigenvalue weighted by molar-refractivity contribution is 0.0430. The van der Waals surface area contributed by atoms with Gasteiger partial charge in [0.05, 0.1) is 11.3 Å². The fraction of sp³-hybridized carbons (Fsp3) is 0.421. The van der Waals surface area contributed by atoms with Crippen LogP contribution in [-0.4, -0.2) is 34.5 Å². The Labute approximate surface area is 157 Å². The molecule has 0 aromatic heterocycles. The summed E-state index contributed by atoms with van der Waals surface area (Å²) in [6.45, 7) is 12.9. The van der Waals surface area contributed by atoms with E-state index in [2.05, 4.69) is 6.58 Å². The summed E-state index contributed by atoms with van der Waals surface area (Å²) in [7, 11) is 0. The van der Waals surface area contributed by atoms with E-state index >= 15 is 0 Å². The molecule has 1 aromatic carbocycles. The van der Waals surface area contributed by atoms with E-state index in [1.165, 1.54) is 0 Å². The summed E-state index contributed by atoms with van der Waals surface area (Å²) in [4.78, 5) is 37.3. The number of amides is 2. The van der Waals surface area contributed by atoms with E-state index in [1.807, 2.05) is 0 Å². The molecule has 0 unspecified atom stereocenters. The Morgan fingerprint density at radius 1 is 1.04 bits per heavy atom. The molecule has 1 aromatic rings. The summed E-state index contributed by atoms with van der Waals surface area (Å²) in [6.07, 6.45) is -1.17.